The highest BCUT2D eigenvalue weighted by molar-refractivity contribution is 5.29. The van der Waals surface area contributed by atoms with Crippen molar-refractivity contribution in [1.82, 2.24) is 29.5 Å². The predicted molar refractivity (Wildman–Crippen MR) is 76.2 cm³/mol. The van der Waals surface area contributed by atoms with Gasteiger partial charge in [-0.3, -0.25) is 4.98 Å². The van der Waals surface area contributed by atoms with Gasteiger partial charge in [-0.15, -0.1) is 0 Å². The van der Waals surface area contributed by atoms with Gasteiger partial charge in [0.15, 0.2) is 6.10 Å². The summed E-state index contributed by atoms with van der Waals surface area (Å²) in [4.78, 5) is 16.5. The van der Waals surface area contributed by atoms with Crippen molar-refractivity contribution in [3.63, 3.8) is 0 Å². The van der Waals surface area contributed by atoms with Crippen LogP contribution in [0.2, 0.25) is 0 Å². The quantitative estimate of drug-likeness (QED) is 0.676. The van der Waals surface area contributed by atoms with Crippen molar-refractivity contribution in [2.24, 2.45) is 0 Å². The lowest BCUT2D eigenvalue weighted by molar-refractivity contribution is -0.208. The average molecular weight is 360 g/mol. The summed E-state index contributed by atoms with van der Waals surface area (Å²) in [5, 5.41) is 15.7. The van der Waals surface area contributed by atoms with E-state index in [1.807, 2.05) is 4.98 Å². The molecule has 2 heterocycles. The Balaban J connectivity index is 0.000000181. The highest BCUT2D eigenvalue weighted by Crippen LogP contribution is 2.20. The number of rotatable bonds is 3. The number of benzene rings is 1. The largest absolute Gasteiger partial charge is 0.416 e. The zero-order valence-corrected chi connectivity index (χ0v) is 12.4. The van der Waals surface area contributed by atoms with Crippen LogP contribution in [0.1, 0.15) is 0 Å². The molecule has 2 aromatic heterocycles. The molecule has 0 aliphatic carbocycles. The molecule has 3 aromatic rings. The number of aliphatic hydroxyl groups excluding tert-OH is 1. The molecule has 1 aromatic carbocycles. The zero-order valence-electron chi connectivity index (χ0n) is 12.4. The Hall–Kier alpha value is -3.02. The Morgan fingerprint density at radius 1 is 1.20 bits per heavy atom. The normalized spacial score (nSPS) is 12.4. The molecule has 1 atom stereocenters. The van der Waals surface area contributed by atoms with E-state index in [0.717, 1.165) is 12.0 Å². The molecule has 0 unspecified atom stereocenters. The first-order chi connectivity index (χ1) is 11.8. The Morgan fingerprint density at radius 2 is 1.88 bits per heavy atom. The third-order valence-electron chi connectivity index (χ3n) is 2.85. The molecule has 0 amide bonds. The van der Waals surface area contributed by atoms with E-state index in [1.54, 1.807) is 23.1 Å². The van der Waals surface area contributed by atoms with Crippen LogP contribution in [0.5, 0.6) is 0 Å². The molecule has 0 saturated heterocycles. The van der Waals surface area contributed by atoms with E-state index in [1.165, 1.54) is 18.5 Å². The van der Waals surface area contributed by atoms with Crippen LogP contribution in [-0.4, -0.2) is 46.9 Å². The van der Waals surface area contributed by atoms with Gasteiger partial charge in [-0.25, -0.2) is 23.5 Å². The highest BCUT2D eigenvalue weighted by atomic mass is 19.4. The summed E-state index contributed by atoms with van der Waals surface area (Å²) in [6.45, 7) is -0.897. The van der Waals surface area contributed by atoms with Crippen LogP contribution in [0.4, 0.5) is 17.6 Å². The van der Waals surface area contributed by atoms with E-state index in [2.05, 4.69) is 15.2 Å². The molecule has 3 rings (SSSR count). The van der Waals surface area contributed by atoms with Gasteiger partial charge in [-0.1, -0.05) is 0 Å². The molecule has 0 radical (unpaired) electrons. The number of aromatic amines is 1. The van der Waals surface area contributed by atoms with E-state index in [9.17, 15) is 22.4 Å². The number of aliphatic hydroxyl groups is 1. The van der Waals surface area contributed by atoms with Gasteiger partial charge in [-0.05, 0) is 24.3 Å². The number of aromatic nitrogens is 6. The summed E-state index contributed by atoms with van der Waals surface area (Å²) in [6.07, 6.45) is -3.37. The van der Waals surface area contributed by atoms with Crippen LogP contribution in [-0.2, 0) is 6.54 Å². The maximum Gasteiger partial charge on any atom is 0.416 e. The predicted octanol–water partition coefficient (Wildman–Crippen LogP) is 0.901. The molecule has 12 heteroatoms. The first kappa shape index (κ1) is 18.3. The second-order valence-electron chi connectivity index (χ2n) is 4.65. The second-order valence-corrected chi connectivity index (χ2v) is 4.65. The van der Waals surface area contributed by atoms with Gasteiger partial charge in [0, 0.05) is 0 Å². The molecular weight excluding hydrogens is 348 g/mol. The summed E-state index contributed by atoms with van der Waals surface area (Å²) in [7, 11) is 0. The van der Waals surface area contributed by atoms with Crippen molar-refractivity contribution >= 4 is 0 Å². The Labute approximate surface area is 137 Å². The summed E-state index contributed by atoms with van der Waals surface area (Å²) in [6, 6.07) is 6.06. The van der Waals surface area contributed by atoms with E-state index < -0.39 is 24.5 Å². The number of alkyl halides is 3. The summed E-state index contributed by atoms with van der Waals surface area (Å²) >= 11 is 0. The van der Waals surface area contributed by atoms with Crippen molar-refractivity contribution in [2.45, 2.75) is 18.8 Å². The molecule has 0 aliphatic rings. The van der Waals surface area contributed by atoms with Gasteiger partial charge in [0.05, 0.1) is 12.2 Å². The standard InChI is InChI=1S/C8H6FN3.C5H6F3N3O2/c9-7-1-3-8(4-2-7)12-6-10-5-11-12;6-5(7,8)3(12)1-11-4(13)9-2-10-11/h1-6H;2-3,12H,1H2,(H,9,10,13)/t;3-/m.0/s1. The van der Waals surface area contributed by atoms with Crippen molar-refractivity contribution in [2.75, 3.05) is 0 Å². The lowest BCUT2D eigenvalue weighted by atomic mass is 10.3. The first-order valence-electron chi connectivity index (χ1n) is 6.73. The van der Waals surface area contributed by atoms with Crippen LogP contribution in [0.25, 0.3) is 5.69 Å². The number of halogens is 4. The van der Waals surface area contributed by atoms with Crippen molar-refractivity contribution in [3.05, 3.63) is 59.5 Å². The molecule has 2 N–H and O–H groups in total. The molecule has 0 spiro atoms. The maximum atomic E-state index is 12.5. The highest BCUT2D eigenvalue weighted by Gasteiger charge is 2.38. The third-order valence-corrected chi connectivity index (χ3v) is 2.85. The Bertz CT molecular complexity index is 825. The van der Waals surface area contributed by atoms with Crippen LogP contribution >= 0.6 is 0 Å². The van der Waals surface area contributed by atoms with Gasteiger partial charge in [0.2, 0.25) is 0 Å². The number of hydrogen-bond donors (Lipinski definition) is 2. The number of nitrogens with zero attached hydrogens (tertiary/aromatic N) is 5. The average Bonchev–Trinajstić information content (AvgIpc) is 3.20. The minimum Gasteiger partial charge on any atom is -0.382 e. The minimum absolute atomic E-state index is 0.251. The minimum atomic E-state index is -4.74. The van der Waals surface area contributed by atoms with Gasteiger partial charge < -0.3 is 5.11 Å². The second kappa shape index (κ2) is 7.70. The van der Waals surface area contributed by atoms with Gasteiger partial charge >= 0.3 is 11.9 Å². The van der Waals surface area contributed by atoms with E-state index in [-0.39, 0.29) is 5.82 Å². The van der Waals surface area contributed by atoms with E-state index in [4.69, 9.17) is 5.11 Å². The number of nitrogens with one attached hydrogen (secondary N) is 1. The molecule has 0 bridgehead atoms. The number of hydrogen-bond acceptors (Lipinski definition) is 5. The van der Waals surface area contributed by atoms with Gasteiger partial charge in [-0.2, -0.15) is 23.4 Å². The van der Waals surface area contributed by atoms with Crippen LogP contribution in [0.3, 0.4) is 0 Å². The van der Waals surface area contributed by atoms with E-state index in [0.29, 0.717) is 4.68 Å². The summed E-state index contributed by atoms with van der Waals surface area (Å²) in [5.74, 6) is -0.251. The molecular formula is C13H12F4N6O2. The maximum absolute atomic E-state index is 12.5. The molecule has 0 aliphatic heterocycles. The van der Waals surface area contributed by atoms with Crippen molar-refractivity contribution < 1.29 is 22.7 Å². The fourth-order valence-corrected chi connectivity index (χ4v) is 1.61. The molecule has 0 saturated carbocycles. The molecule has 134 valence electrons. The monoisotopic (exact) mass is 360 g/mol. The van der Waals surface area contributed by atoms with Crippen LogP contribution < -0.4 is 5.69 Å². The summed E-state index contributed by atoms with van der Waals surface area (Å²) < 4.78 is 49.9. The third kappa shape index (κ3) is 5.24. The smallest absolute Gasteiger partial charge is 0.382 e. The topological polar surface area (TPSA) is 102 Å². The molecule has 25 heavy (non-hydrogen) atoms. The van der Waals surface area contributed by atoms with Gasteiger partial charge in [0.25, 0.3) is 0 Å². The fraction of sp³-hybridized carbons (Fsp3) is 0.231. The number of H-pyrrole nitrogens is 1. The van der Waals surface area contributed by atoms with Crippen LogP contribution in [0, 0.1) is 5.82 Å². The zero-order chi connectivity index (χ0) is 18.4. The lowest BCUT2D eigenvalue weighted by Crippen LogP contribution is -2.36. The molecule has 0 fully saturated rings. The fourth-order valence-electron chi connectivity index (χ4n) is 1.61. The summed E-state index contributed by atoms with van der Waals surface area (Å²) in [5.41, 5.74) is 0.0113. The van der Waals surface area contributed by atoms with Crippen molar-refractivity contribution in [1.29, 1.82) is 0 Å². The Morgan fingerprint density at radius 3 is 2.36 bits per heavy atom. The van der Waals surface area contributed by atoms with Gasteiger partial charge in [0.1, 0.15) is 24.8 Å². The van der Waals surface area contributed by atoms with Crippen LogP contribution in [0.15, 0.2) is 48.0 Å². The van der Waals surface area contributed by atoms with Crippen molar-refractivity contribution in [3.8, 4) is 5.69 Å². The first-order valence-corrected chi connectivity index (χ1v) is 6.73. The van der Waals surface area contributed by atoms with E-state index >= 15 is 0 Å². The SMILES string of the molecule is Fc1ccc(-n2cncn2)cc1.O=c1[nH]cnn1C[C@H](O)C(F)(F)F. The Kier molecular flexibility index (Phi) is 5.64. The lowest BCUT2D eigenvalue weighted by Gasteiger charge is -2.12. The molecule has 8 nitrogen and oxygen atoms in total.